The van der Waals surface area contributed by atoms with E-state index in [1.807, 2.05) is 0 Å². The van der Waals surface area contributed by atoms with Crippen LogP contribution >= 0.6 is 0 Å². The van der Waals surface area contributed by atoms with E-state index in [1.54, 1.807) is 19.3 Å². The molecule has 4 fully saturated rings. The first-order valence-electron chi connectivity index (χ1n) is 5.96. The van der Waals surface area contributed by atoms with Crippen molar-refractivity contribution in [2.75, 3.05) is 13.2 Å². The zero-order chi connectivity index (χ0) is 8.84. The summed E-state index contributed by atoms with van der Waals surface area (Å²) < 4.78 is 5.62. The fraction of sp³-hybridized carbons (Fsp3) is 1.00. The molecule has 0 saturated heterocycles. The fourth-order valence-corrected chi connectivity index (χ4v) is 4.39. The molecule has 0 spiro atoms. The molecule has 0 aromatic rings. The van der Waals surface area contributed by atoms with Crippen molar-refractivity contribution in [1.29, 1.82) is 0 Å². The number of rotatable bonds is 3. The molecule has 4 saturated carbocycles. The van der Waals surface area contributed by atoms with Crippen LogP contribution in [0.4, 0.5) is 0 Å². The van der Waals surface area contributed by atoms with Crippen molar-refractivity contribution in [2.24, 2.45) is 29.6 Å². The van der Waals surface area contributed by atoms with Gasteiger partial charge in [0.15, 0.2) is 0 Å². The lowest BCUT2D eigenvalue weighted by molar-refractivity contribution is 0.0563. The molecular formula is C12H20O. The first kappa shape index (κ1) is 8.28. The van der Waals surface area contributed by atoms with Crippen LogP contribution in [0.1, 0.15) is 32.6 Å². The van der Waals surface area contributed by atoms with Gasteiger partial charge in [0.05, 0.1) is 0 Å². The molecule has 0 radical (unpaired) electrons. The average molecular weight is 180 g/mol. The standard InChI is InChI=1S/C12H20O/c1-2-13-7-12-10-4-8-3-9(6-10)11(12)5-8/h8-12H,2-7H2,1H3. The predicted octanol–water partition coefficient (Wildman–Crippen LogP) is 2.71. The molecule has 5 unspecified atom stereocenters. The largest absolute Gasteiger partial charge is 0.381 e. The minimum atomic E-state index is 0.907. The van der Waals surface area contributed by atoms with Crippen molar-refractivity contribution in [2.45, 2.75) is 32.6 Å². The highest BCUT2D eigenvalue weighted by Crippen LogP contribution is 2.60. The van der Waals surface area contributed by atoms with E-state index in [4.69, 9.17) is 4.74 Å². The second-order valence-electron chi connectivity index (χ2n) is 5.32. The van der Waals surface area contributed by atoms with Crippen LogP contribution in [0.2, 0.25) is 0 Å². The Kier molecular flexibility index (Phi) is 1.90. The Hall–Kier alpha value is -0.0400. The predicted molar refractivity (Wildman–Crippen MR) is 52.4 cm³/mol. The van der Waals surface area contributed by atoms with E-state index >= 15 is 0 Å². The van der Waals surface area contributed by atoms with E-state index in [2.05, 4.69) is 6.92 Å². The summed E-state index contributed by atoms with van der Waals surface area (Å²) >= 11 is 0. The quantitative estimate of drug-likeness (QED) is 0.649. The summed E-state index contributed by atoms with van der Waals surface area (Å²) in [7, 11) is 0. The van der Waals surface area contributed by atoms with Gasteiger partial charge in [-0.3, -0.25) is 0 Å². The van der Waals surface area contributed by atoms with Gasteiger partial charge in [0.1, 0.15) is 0 Å². The van der Waals surface area contributed by atoms with Crippen molar-refractivity contribution in [3.8, 4) is 0 Å². The molecule has 0 amide bonds. The van der Waals surface area contributed by atoms with Gasteiger partial charge in [-0.15, -0.1) is 0 Å². The molecule has 0 aromatic carbocycles. The highest BCUT2D eigenvalue weighted by molar-refractivity contribution is 5.02. The zero-order valence-electron chi connectivity index (χ0n) is 8.54. The van der Waals surface area contributed by atoms with Crippen LogP contribution in [0, 0.1) is 29.6 Å². The van der Waals surface area contributed by atoms with Gasteiger partial charge in [-0.1, -0.05) is 0 Å². The lowest BCUT2D eigenvalue weighted by atomic mass is 9.76. The highest BCUT2D eigenvalue weighted by atomic mass is 16.5. The normalized spacial score (nSPS) is 51.9. The molecule has 74 valence electrons. The third-order valence-electron chi connectivity index (χ3n) is 4.76. The number of hydrogen-bond donors (Lipinski definition) is 0. The summed E-state index contributed by atoms with van der Waals surface area (Å²) in [5.74, 6) is 5.29. The molecule has 13 heavy (non-hydrogen) atoms. The third-order valence-corrected chi connectivity index (χ3v) is 4.76. The molecule has 4 bridgehead atoms. The van der Waals surface area contributed by atoms with Gasteiger partial charge in [0, 0.05) is 13.2 Å². The minimum absolute atomic E-state index is 0.907. The topological polar surface area (TPSA) is 9.23 Å². The second kappa shape index (κ2) is 2.98. The molecule has 1 nitrogen and oxygen atoms in total. The molecule has 0 N–H and O–H groups in total. The van der Waals surface area contributed by atoms with Crippen LogP contribution in [-0.2, 0) is 4.74 Å². The first-order chi connectivity index (χ1) is 6.38. The molecule has 4 rings (SSSR count). The Morgan fingerprint density at radius 1 is 1.08 bits per heavy atom. The van der Waals surface area contributed by atoms with Gasteiger partial charge in [-0.2, -0.15) is 0 Å². The van der Waals surface area contributed by atoms with Gasteiger partial charge in [0.25, 0.3) is 0 Å². The van der Waals surface area contributed by atoms with Crippen LogP contribution in [0.3, 0.4) is 0 Å². The van der Waals surface area contributed by atoms with E-state index < -0.39 is 0 Å². The minimum Gasteiger partial charge on any atom is -0.381 e. The molecule has 0 heterocycles. The summed E-state index contributed by atoms with van der Waals surface area (Å²) in [6, 6.07) is 0. The van der Waals surface area contributed by atoms with Crippen molar-refractivity contribution in [3.63, 3.8) is 0 Å². The van der Waals surface area contributed by atoms with Gasteiger partial charge in [-0.05, 0) is 62.2 Å². The molecule has 4 aliphatic rings. The number of hydrogen-bond acceptors (Lipinski definition) is 1. The van der Waals surface area contributed by atoms with Crippen LogP contribution < -0.4 is 0 Å². The molecular weight excluding hydrogens is 160 g/mol. The molecule has 4 aliphatic carbocycles. The fourth-order valence-electron chi connectivity index (χ4n) is 4.39. The van der Waals surface area contributed by atoms with Crippen LogP contribution in [0.15, 0.2) is 0 Å². The lowest BCUT2D eigenvalue weighted by Gasteiger charge is -2.31. The maximum absolute atomic E-state index is 5.62. The summed E-state index contributed by atoms with van der Waals surface area (Å²) in [4.78, 5) is 0. The van der Waals surface area contributed by atoms with E-state index in [-0.39, 0.29) is 0 Å². The maximum Gasteiger partial charge on any atom is 0.0499 e. The Morgan fingerprint density at radius 2 is 1.92 bits per heavy atom. The average Bonchev–Trinajstić information content (AvgIpc) is 2.53. The lowest BCUT2D eigenvalue weighted by Crippen LogP contribution is -2.26. The Labute approximate surface area is 80.8 Å². The molecule has 0 aromatic heterocycles. The molecule has 1 heteroatoms. The van der Waals surface area contributed by atoms with Crippen molar-refractivity contribution in [3.05, 3.63) is 0 Å². The van der Waals surface area contributed by atoms with Gasteiger partial charge >= 0.3 is 0 Å². The van der Waals surface area contributed by atoms with Gasteiger partial charge < -0.3 is 4.74 Å². The van der Waals surface area contributed by atoms with Crippen molar-refractivity contribution >= 4 is 0 Å². The van der Waals surface area contributed by atoms with E-state index in [1.165, 1.54) is 6.42 Å². The molecule has 5 atom stereocenters. The van der Waals surface area contributed by atoms with E-state index in [9.17, 15) is 0 Å². The SMILES string of the molecule is CCOCC1C2CC3CC(C2)C1C3. The molecule has 0 aliphatic heterocycles. The second-order valence-corrected chi connectivity index (χ2v) is 5.32. The summed E-state index contributed by atoms with van der Waals surface area (Å²) in [6.45, 7) is 4.09. The van der Waals surface area contributed by atoms with Crippen molar-refractivity contribution in [1.82, 2.24) is 0 Å². The highest BCUT2D eigenvalue weighted by Gasteiger charge is 2.53. The summed E-state index contributed by atoms with van der Waals surface area (Å²) in [5.41, 5.74) is 0. The monoisotopic (exact) mass is 180 g/mol. The Balaban J connectivity index is 1.70. The van der Waals surface area contributed by atoms with Crippen LogP contribution in [0.5, 0.6) is 0 Å². The maximum atomic E-state index is 5.62. The first-order valence-corrected chi connectivity index (χ1v) is 5.96. The van der Waals surface area contributed by atoms with E-state index in [0.29, 0.717) is 0 Å². The Bertz CT molecular complexity index is 197. The number of ether oxygens (including phenoxy) is 1. The third kappa shape index (κ3) is 1.16. The van der Waals surface area contributed by atoms with Crippen molar-refractivity contribution < 1.29 is 4.74 Å². The Morgan fingerprint density at radius 3 is 2.69 bits per heavy atom. The van der Waals surface area contributed by atoms with Gasteiger partial charge in [0.2, 0.25) is 0 Å². The van der Waals surface area contributed by atoms with E-state index in [0.717, 1.165) is 42.8 Å². The van der Waals surface area contributed by atoms with Gasteiger partial charge in [-0.25, -0.2) is 0 Å². The summed E-state index contributed by atoms with van der Waals surface area (Å²) in [6.07, 6.45) is 6.17. The summed E-state index contributed by atoms with van der Waals surface area (Å²) in [5, 5.41) is 0. The smallest absolute Gasteiger partial charge is 0.0499 e. The zero-order valence-corrected chi connectivity index (χ0v) is 8.54. The van der Waals surface area contributed by atoms with Crippen LogP contribution in [0.25, 0.3) is 0 Å². The van der Waals surface area contributed by atoms with Crippen LogP contribution in [-0.4, -0.2) is 13.2 Å².